The number of rotatable bonds is 11. The maximum absolute atomic E-state index is 13.9. The summed E-state index contributed by atoms with van der Waals surface area (Å²) in [5.41, 5.74) is 0.735. The maximum Gasteiger partial charge on any atom is 0.261 e. The van der Waals surface area contributed by atoms with Crippen LogP contribution in [0.15, 0.2) is 41.3 Å². The molecule has 0 aliphatic rings. The lowest BCUT2D eigenvalue weighted by molar-refractivity contribution is 0.0980. The number of methoxy groups -OCH3 is 2. The number of sulfone groups is 1. The molecule has 0 aliphatic carbocycles. The number of likely N-dealkylation sites (N-methyl/N-ethyl adjacent to an activating group) is 1. The van der Waals surface area contributed by atoms with Crippen molar-refractivity contribution < 1.29 is 22.7 Å². The number of ether oxygens (including phenoxy) is 2. The van der Waals surface area contributed by atoms with E-state index < -0.39 is 15.7 Å². The molecule has 1 aromatic heterocycles. The summed E-state index contributed by atoms with van der Waals surface area (Å²) in [5, 5.41) is 0.457. The van der Waals surface area contributed by atoms with Crippen LogP contribution in [0.4, 0.5) is 5.13 Å². The van der Waals surface area contributed by atoms with Crippen LogP contribution in [0.25, 0.3) is 10.2 Å². The molecule has 3 rings (SSSR count). The van der Waals surface area contributed by atoms with E-state index >= 15 is 0 Å². The van der Waals surface area contributed by atoms with Crippen LogP contribution >= 0.6 is 23.7 Å². The Kier molecular flexibility index (Phi) is 10.3. The lowest BCUT2D eigenvalue weighted by Crippen LogP contribution is -2.39. The number of anilines is 1. The number of nitrogens with zero attached hydrogens (tertiary/aromatic N) is 3. The monoisotopic (exact) mass is 541 g/mol. The Hall–Kier alpha value is -2.40. The second-order valence-corrected chi connectivity index (χ2v) is 10.8. The van der Waals surface area contributed by atoms with Crippen LogP contribution in [-0.2, 0) is 9.84 Å². The van der Waals surface area contributed by atoms with Gasteiger partial charge in [0.2, 0.25) is 0 Å². The first-order chi connectivity index (χ1) is 16.3. The van der Waals surface area contributed by atoms with Crippen LogP contribution in [0.3, 0.4) is 0 Å². The summed E-state index contributed by atoms with van der Waals surface area (Å²) < 4.78 is 37.2. The highest BCUT2D eigenvalue weighted by Gasteiger charge is 2.28. The number of carbonyl (C=O) groups excluding carboxylic acids is 1. The minimum atomic E-state index is -3.59. The average molecular weight is 542 g/mol. The van der Waals surface area contributed by atoms with Crippen molar-refractivity contribution in [2.24, 2.45) is 0 Å². The van der Waals surface area contributed by atoms with Gasteiger partial charge < -0.3 is 14.4 Å². The van der Waals surface area contributed by atoms with Crippen molar-refractivity contribution in [1.82, 2.24) is 9.88 Å². The predicted molar refractivity (Wildman–Crippen MR) is 144 cm³/mol. The minimum absolute atomic E-state index is 0. The van der Waals surface area contributed by atoms with Gasteiger partial charge in [0.25, 0.3) is 5.91 Å². The van der Waals surface area contributed by atoms with Crippen LogP contribution < -0.4 is 14.4 Å². The molecule has 0 N–H and O–H groups in total. The van der Waals surface area contributed by atoms with Gasteiger partial charge in [-0.15, -0.1) is 12.4 Å². The number of halogens is 1. The number of aromatic nitrogens is 1. The Bertz CT molecular complexity index is 1220. The fraction of sp³-hybridized carbons (Fsp3) is 0.417. The fourth-order valence-electron chi connectivity index (χ4n) is 3.67. The van der Waals surface area contributed by atoms with E-state index in [0.29, 0.717) is 35.2 Å². The van der Waals surface area contributed by atoms with Gasteiger partial charge in [0, 0.05) is 13.1 Å². The number of amides is 1. The van der Waals surface area contributed by atoms with Gasteiger partial charge in [-0.1, -0.05) is 44.2 Å². The topological polar surface area (TPSA) is 89.0 Å². The number of hydrogen-bond donors (Lipinski definition) is 0. The highest BCUT2D eigenvalue weighted by atomic mass is 35.5. The van der Waals surface area contributed by atoms with Gasteiger partial charge in [0.15, 0.2) is 15.0 Å². The van der Waals surface area contributed by atoms with E-state index in [4.69, 9.17) is 14.5 Å². The molecule has 11 heteroatoms. The van der Waals surface area contributed by atoms with Gasteiger partial charge in [-0.05, 0) is 37.4 Å². The third-order valence-electron chi connectivity index (χ3n) is 5.74. The van der Waals surface area contributed by atoms with Gasteiger partial charge in [-0.25, -0.2) is 13.4 Å². The summed E-state index contributed by atoms with van der Waals surface area (Å²) in [6, 6.07) is 9.93. The average Bonchev–Trinajstić information content (AvgIpc) is 3.31. The summed E-state index contributed by atoms with van der Waals surface area (Å²) >= 11 is 1.32. The van der Waals surface area contributed by atoms with Gasteiger partial charge >= 0.3 is 0 Å². The summed E-state index contributed by atoms with van der Waals surface area (Å²) in [4.78, 5) is 22.4. The smallest absolute Gasteiger partial charge is 0.261 e. The van der Waals surface area contributed by atoms with Crippen molar-refractivity contribution >= 4 is 54.8 Å². The Morgan fingerprint density at radius 2 is 1.60 bits per heavy atom. The molecule has 35 heavy (non-hydrogen) atoms. The molecule has 0 atom stereocenters. The Balaban J connectivity index is 0.00000432. The van der Waals surface area contributed by atoms with Crippen LogP contribution in [0.2, 0.25) is 0 Å². The summed E-state index contributed by atoms with van der Waals surface area (Å²) in [5.74, 6) is 0.705. The molecule has 0 saturated heterocycles. The number of thiazole rings is 1. The third-order valence-corrected chi connectivity index (χ3v) is 8.62. The van der Waals surface area contributed by atoms with E-state index in [1.165, 1.54) is 17.4 Å². The normalized spacial score (nSPS) is 11.4. The lowest BCUT2D eigenvalue weighted by Gasteiger charge is -2.25. The van der Waals surface area contributed by atoms with Crippen molar-refractivity contribution in [2.45, 2.75) is 25.7 Å². The van der Waals surface area contributed by atoms with E-state index in [9.17, 15) is 13.2 Å². The van der Waals surface area contributed by atoms with Crippen LogP contribution in [-0.4, -0.2) is 70.4 Å². The minimum Gasteiger partial charge on any atom is -0.495 e. The first-order valence-electron chi connectivity index (χ1n) is 11.2. The zero-order valence-corrected chi connectivity index (χ0v) is 23.1. The molecule has 0 unspecified atom stereocenters. The molecule has 0 radical (unpaired) electrons. The van der Waals surface area contributed by atoms with E-state index in [0.717, 1.165) is 17.8 Å². The largest absolute Gasteiger partial charge is 0.495 e. The van der Waals surface area contributed by atoms with E-state index in [1.54, 1.807) is 56.4 Å². The number of benzene rings is 2. The molecular weight excluding hydrogens is 510 g/mol. The SMILES string of the molecule is CCN(CC)CCN(C(=O)c1ccccc1S(=O)(=O)CC)c1nc2c(OC)ccc(OC)c2s1.Cl. The van der Waals surface area contributed by atoms with Crippen molar-refractivity contribution in [3.63, 3.8) is 0 Å². The Morgan fingerprint density at radius 3 is 2.20 bits per heavy atom. The zero-order valence-electron chi connectivity index (χ0n) is 20.6. The quantitative estimate of drug-likeness (QED) is 0.352. The Labute approximate surface area is 217 Å². The van der Waals surface area contributed by atoms with Gasteiger partial charge in [0.1, 0.15) is 21.7 Å². The van der Waals surface area contributed by atoms with Crippen LogP contribution in [0, 0.1) is 0 Å². The van der Waals surface area contributed by atoms with E-state index in [1.807, 2.05) is 0 Å². The van der Waals surface area contributed by atoms with Crippen LogP contribution in [0.1, 0.15) is 31.1 Å². The molecule has 0 spiro atoms. The molecule has 8 nitrogen and oxygen atoms in total. The Morgan fingerprint density at radius 1 is 0.971 bits per heavy atom. The summed E-state index contributed by atoms with van der Waals surface area (Å²) in [7, 11) is -0.447. The van der Waals surface area contributed by atoms with Gasteiger partial charge in [-0.3, -0.25) is 9.69 Å². The summed E-state index contributed by atoms with van der Waals surface area (Å²) in [6.45, 7) is 8.33. The second kappa shape index (κ2) is 12.5. The van der Waals surface area contributed by atoms with Crippen molar-refractivity contribution in [2.75, 3.05) is 51.1 Å². The summed E-state index contributed by atoms with van der Waals surface area (Å²) in [6.07, 6.45) is 0. The molecule has 192 valence electrons. The second-order valence-electron chi connectivity index (χ2n) is 7.53. The van der Waals surface area contributed by atoms with E-state index in [2.05, 4.69) is 18.7 Å². The molecule has 0 aliphatic heterocycles. The predicted octanol–water partition coefficient (Wildman–Crippen LogP) is 4.52. The highest BCUT2D eigenvalue weighted by Crippen LogP contribution is 2.40. The molecule has 1 amide bonds. The first kappa shape index (κ1) is 28.8. The first-order valence-corrected chi connectivity index (χ1v) is 13.7. The van der Waals surface area contributed by atoms with Crippen molar-refractivity contribution in [1.29, 1.82) is 0 Å². The molecule has 2 aromatic carbocycles. The van der Waals surface area contributed by atoms with Crippen LogP contribution in [0.5, 0.6) is 11.5 Å². The van der Waals surface area contributed by atoms with E-state index in [-0.39, 0.29) is 28.6 Å². The molecular formula is C24H32ClN3O5S2. The third kappa shape index (κ3) is 6.06. The molecule has 0 saturated carbocycles. The lowest BCUT2D eigenvalue weighted by atomic mass is 10.2. The molecule has 0 fully saturated rings. The molecule has 1 heterocycles. The number of hydrogen-bond acceptors (Lipinski definition) is 8. The zero-order chi connectivity index (χ0) is 24.9. The molecule has 3 aromatic rings. The standard InChI is InChI=1S/C24H31N3O5S2.ClH/c1-6-26(7-2)15-16-27(23(28)17-11-9-10-12-20(17)34(29,30)8-3)24-25-21-18(31-4)13-14-19(32-5)22(21)33-24;/h9-14H,6-8,15-16H2,1-5H3;1H. The maximum atomic E-state index is 13.9. The van der Waals surface area contributed by atoms with Crippen molar-refractivity contribution in [3.05, 3.63) is 42.0 Å². The fourth-order valence-corrected chi connectivity index (χ4v) is 5.86. The van der Waals surface area contributed by atoms with Crippen molar-refractivity contribution in [3.8, 4) is 11.5 Å². The number of carbonyl (C=O) groups is 1. The number of fused-ring (bicyclic) bond motifs is 1. The highest BCUT2D eigenvalue weighted by molar-refractivity contribution is 7.91. The van der Waals surface area contributed by atoms with Gasteiger partial charge in [0.05, 0.1) is 30.4 Å². The van der Waals surface area contributed by atoms with Gasteiger partial charge in [-0.2, -0.15) is 0 Å². The molecule has 0 bridgehead atoms.